The number of pyridine rings is 1. The highest BCUT2D eigenvalue weighted by atomic mass is 35.5. The monoisotopic (exact) mass is 423 g/mol. The fourth-order valence-corrected chi connectivity index (χ4v) is 4.39. The molecular weight excluding hydrogens is 409 g/mol. The van der Waals surface area contributed by atoms with Crippen molar-refractivity contribution in [1.29, 1.82) is 0 Å². The number of carbonyl (C=O) groups is 1. The number of halogens is 3. The van der Waals surface area contributed by atoms with E-state index >= 15 is 0 Å². The lowest BCUT2D eigenvalue weighted by atomic mass is 10.0. The Labute approximate surface area is 162 Å². The molecule has 0 saturated carbocycles. The van der Waals surface area contributed by atoms with Gasteiger partial charge in [0.1, 0.15) is 0 Å². The summed E-state index contributed by atoms with van der Waals surface area (Å²) >= 11 is 6.16. The average Bonchev–Trinajstić information content (AvgIpc) is 2.52. The molecule has 0 radical (unpaired) electrons. The molecule has 0 aliphatic carbocycles. The molecule has 1 aromatic carbocycles. The van der Waals surface area contributed by atoms with E-state index in [4.69, 9.17) is 17.3 Å². The molecule has 0 saturated heterocycles. The summed E-state index contributed by atoms with van der Waals surface area (Å²) in [6.07, 6.45) is 3.41. The van der Waals surface area contributed by atoms with Gasteiger partial charge in [-0.15, -0.1) is 24.8 Å². The minimum Gasteiger partial charge on any atom is -0.324 e. The fourth-order valence-electron chi connectivity index (χ4n) is 2.48. The highest BCUT2D eigenvalue weighted by molar-refractivity contribution is 7.91. The lowest BCUT2D eigenvalue weighted by Gasteiger charge is -2.23. The predicted octanol–water partition coefficient (Wildman–Crippen LogP) is 3.01. The van der Waals surface area contributed by atoms with E-state index in [0.29, 0.717) is 17.7 Å². The van der Waals surface area contributed by atoms with Crippen molar-refractivity contribution in [2.75, 3.05) is 11.1 Å². The van der Waals surface area contributed by atoms with Crippen LogP contribution in [0.2, 0.25) is 5.02 Å². The number of nitrogens with two attached hydrogens (primary N) is 1. The molecule has 0 spiro atoms. The van der Waals surface area contributed by atoms with E-state index in [1.54, 1.807) is 12.1 Å². The van der Waals surface area contributed by atoms with Crippen molar-refractivity contribution in [3.63, 3.8) is 0 Å². The third-order valence-electron chi connectivity index (χ3n) is 3.71. The fraction of sp³-hybridized carbons (Fsp3) is 0.200. The largest absolute Gasteiger partial charge is 0.324 e. The first-order chi connectivity index (χ1) is 10.9. The van der Waals surface area contributed by atoms with E-state index in [2.05, 4.69) is 10.3 Å². The Morgan fingerprint density at radius 3 is 2.52 bits per heavy atom. The summed E-state index contributed by atoms with van der Waals surface area (Å²) in [5.74, 6) is -0.521. The van der Waals surface area contributed by atoms with Crippen molar-refractivity contribution >= 4 is 57.8 Å². The molecule has 0 fully saturated rings. The van der Waals surface area contributed by atoms with Crippen LogP contribution >= 0.6 is 36.4 Å². The van der Waals surface area contributed by atoms with Crippen molar-refractivity contribution in [1.82, 2.24) is 4.98 Å². The van der Waals surface area contributed by atoms with Gasteiger partial charge < -0.3 is 11.1 Å². The quantitative estimate of drug-likeness (QED) is 0.771. The van der Waals surface area contributed by atoms with E-state index in [-0.39, 0.29) is 46.0 Å². The van der Waals surface area contributed by atoms with Crippen molar-refractivity contribution in [3.8, 4) is 0 Å². The van der Waals surface area contributed by atoms with E-state index in [1.807, 2.05) is 0 Å². The molecule has 1 amide bonds. The molecule has 1 aliphatic heterocycles. The summed E-state index contributed by atoms with van der Waals surface area (Å²) in [6.45, 7) is 0. The zero-order chi connectivity index (χ0) is 16.6. The number of carbonyl (C=O) groups excluding carboxylic acids is 1. The Bertz CT molecular complexity index is 876. The molecule has 1 atom stereocenters. The number of nitrogens with zero attached hydrogens (tertiary/aromatic N) is 1. The Kier molecular flexibility index (Phi) is 7.22. The SMILES string of the molecule is Cl.Cl.N[C@H]1CCS(=O)(=O)c2cc(C(=O)Nc3ccncc3)c(Cl)cc21. The highest BCUT2D eigenvalue weighted by Gasteiger charge is 2.30. The average molecular weight is 425 g/mol. The van der Waals surface area contributed by atoms with Crippen LogP contribution in [0.5, 0.6) is 0 Å². The number of hydrogen-bond donors (Lipinski definition) is 2. The molecule has 1 aromatic heterocycles. The van der Waals surface area contributed by atoms with Crippen molar-refractivity contribution in [2.45, 2.75) is 17.4 Å². The first kappa shape index (κ1) is 21.7. The van der Waals surface area contributed by atoms with Gasteiger partial charge in [0, 0.05) is 24.1 Å². The number of sulfone groups is 1. The van der Waals surface area contributed by atoms with Crippen LogP contribution in [0.4, 0.5) is 5.69 Å². The van der Waals surface area contributed by atoms with Crippen molar-refractivity contribution < 1.29 is 13.2 Å². The minimum atomic E-state index is -3.45. The first-order valence-electron chi connectivity index (χ1n) is 6.91. The Morgan fingerprint density at radius 1 is 1.24 bits per heavy atom. The number of nitrogens with one attached hydrogen (secondary N) is 1. The summed E-state index contributed by atoms with van der Waals surface area (Å²) in [5.41, 5.74) is 7.05. The lowest BCUT2D eigenvalue weighted by molar-refractivity contribution is 0.102. The molecule has 0 bridgehead atoms. The van der Waals surface area contributed by atoms with Gasteiger partial charge in [0.15, 0.2) is 9.84 Å². The molecule has 2 heterocycles. The third kappa shape index (κ3) is 4.43. The normalized spacial score (nSPS) is 17.4. The van der Waals surface area contributed by atoms with Crippen LogP contribution in [-0.2, 0) is 9.84 Å². The van der Waals surface area contributed by atoms with Gasteiger partial charge in [-0.25, -0.2) is 8.42 Å². The van der Waals surface area contributed by atoms with Gasteiger partial charge in [-0.05, 0) is 36.2 Å². The first-order valence-corrected chi connectivity index (χ1v) is 8.94. The number of anilines is 1. The standard InChI is InChI=1S/C15H14ClN3O3S.2ClH/c16-12-7-11-13(17)3-6-23(21,22)14(11)8-10(12)15(20)19-9-1-4-18-5-2-9;;/h1-2,4-5,7-8,13H,3,6,17H2,(H,18,19,20);2*1H/t13-;;/m0../s1. The van der Waals surface area contributed by atoms with Crippen LogP contribution < -0.4 is 11.1 Å². The Balaban J connectivity index is 0.00000156. The van der Waals surface area contributed by atoms with E-state index in [0.717, 1.165) is 0 Å². The second-order valence-electron chi connectivity index (χ2n) is 5.27. The maximum Gasteiger partial charge on any atom is 0.257 e. The molecule has 0 unspecified atom stereocenters. The third-order valence-corrected chi connectivity index (χ3v) is 5.82. The molecule has 1 aliphatic rings. The van der Waals surface area contributed by atoms with Gasteiger partial charge in [-0.1, -0.05) is 11.6 Å². The molecule has 3 N–H and O–H groups in total. The molecule has 6 nitrogen and oxygen atoms in total. The van der Waals surface area contributed by atoms with Crippen LogP contribution in [-0.4, -0.2) is 25.1 Å². The maximum atomic E-state index is 12.4. The minimum absolute atomic E-state index is 0. The van der Waals surface area contributed by atoms with Crippen LogP contribution in [0.1, 0.15) is 28.4 Å². The summed E-state index contributed by atoms with van der Waals surface area (Å²) < 4.78 is 24.4. The smallest absolute Gasteiger partial charge is 0.257 e. The molecule has 136 valence electrons. The number of aromatic nitrogens is 1. The van der Waals surface area contributed by atoms with Crippen molar-refractivity contribution in [2.24, 2.45) is 5.73 Å². The predicted molar refractivity (Wildman–Crippen MR) is 102 cm³/mol. The van der Waals surface area contributed by atoms with Crippen LogP contribution in [0.25, 0.3) is 0 Å². The zero-order valence-electron chi connectivity index (χ0n) is 12.8. The maximum absolute atomic E-state index is 12.4. The lowest BCUT2D eigenvalue weighted by Crippen LogP contribution is -2.26. The summed E-state index contributed by atoms with van der Waals surface area (Å²) in [7, 11) is -3.45. The zero-order valence-corrected chi connectivity index (χ0v) is 16.0. The van der Waals surface area contributed by atoms with Crippen LogP contribution in [0.15, 0.2) is 41.6 Å². The molecule has 2 aromatic rings. The molecule has 3 rings (SSSR count). The number of fused-ring (bicyclic) bond motifs is 1. The van der Waals surface area contributed by atoms with E-state index in [9.17, 15) is 13.2 Å². The second kappa shape index (κ2) is 8.33. The van der Waals surface area contributed by atoms with Gasteiger partial charge >= 0.3 is 0 Å². The highest BCUT2D eigenvalue weighted by Crippen LogP contribution is 2.34. The van der Waals surface area contributed by atoms with Crippen LogP contribution in [0.3, 0.4) is 0 Å². The van der Waals surface area contributed by atoms with Gasteiger partial charge in [0.2, 0.25) is 0 Å². The van der Waals surface area contributed by atoms with Crippen LogP contribution in [0, 0.1) is 0 Å². The van der Waals surface area contributed by atoms with E-state index < -0.39 is 21.8 Å². The topological polar surface area (TPSA) is 102 Å². The number of rotatable bonds is 2. The summed E-state index contributed by atoms with van der Waals surface area (Å²) in [5, 5.41) is 2.82. The van der Waals surface area contributed by atoms with E-state index in [1.165, 1.54) is 24.5 Å². The van der Waals surface area contributed by atoms with Gasteiger partial charge in [0.05, 0.1) is 21.2 Å². The summed E-state index contributed by atoms with van der Waals surface area (Å²) in [6, 6.07) is 5.62. The Hall–Kier alpha value is -1.38. The van der Waals surface area contributed by atoms with Gasteiger partial charge in [-0.2, -0.15) is 0 Å². The molecular formula is C15H16Cl3N3O3S. The van der Waals surface area contributed by atoms with Gasteiger partial charge in [0.25, 0.3) is 5.91 Å². The number of benzene rings is 1. The molecule has 25 heavy (non-hydrogen) atoms. The van der Waals surface area contributed by atoms with Crippen molar-refractivity contribution in [3.05, 3.63) is 52.8 Å². The Morgan fingerprint density at radius 2 is 1.88 bits per heavy atom. The number of hydrogen-bond acceptors (Lipinski definition) is 5. The van der Waals surface area contributed by atoms with Gasteiger partial charge in [-0.3, -0.25) is 9.78 Å². The summed E-state index contributed by atoms with van der Waals surface area (Å²) in [4.78, 5) is 16.3. The second-order valence-corrected chi connectivity index (χ2v) is 7.76. The number of amides is 1. The molecule has 10 heteroatoms.